The van der Waals surface area contributed by atoms with Gasteiger partial charge in [-0.25, -0.2) is 9.78 Å². The number of rotatable bonds is 3. The molecule has 8 heteroatoms. The fourth-order valence-corrected chi connectivity index (χ4v) is 7.72. The minimum atomic E-state index is -0.496. The van der Waals surface area contributed by atoms with Crippen LogP contribution in [0.2, 0.25) is 5.02 Å². The van der Waals surface area contributed by atoms with Crippen LogP contribution in [0.15, 0.2) is 18.2 Å². The molecule has 4 bridgehead atoms. The standard InChI is InChI=1S/C22H26ClN3O3S/c23-15-1-2-17-18(7-15)30-20(25-17)24-16-3-4-26(11-16)21(27)29-19-13-5-12-6-14(19)10-22(28,8-12)9-13/h1-2,7,12-14,16,19,28H,3-6,8-11H2,(H,24,25)/t12?,13?,14?,16-,19?,22?/m1/s1. The van der Waals surface area contributed by atoms with Crippen molar-refractivity contribution in [3.8, 4) is 0 Å². The fourth-order valence-electron chi connectivity index (χ4n) is 6.50. The van der Waals surface area contributed by atoms with Crippen LogP contribution >= 0.6 is 22.9 Å². The predicted molar refractivity (Wildman–Crippen MR) is 117 cm³/mol. The van der Waals surface area contributed by atoms with Gasteiger partial charge in [-0.3, -0.25) is 0 Å². The van der Waals surface area contributed by atoms with Crippen LogP contribution in [-0.2, 0) is 4.74 Å². The van der Waals surface area contributed by atoms with E-state index < -0.39 is 5.60 Å². The number of nitrogens with zero attached hydrogens (tertiary/aromatic N) is 2. The Morgan fingerprint density at radius 1 is 1.30 bits per heavy atom. The number of aromatic nitrogens is 1. The molecule has 2 heterocycles. The first kappa shape index (κ1) is 19.1. The van der Waals surface area contributed by atoms with Crippen LogP contribution in [0.25, 0.3) is 10.2 Å². The normalized spacial score (nSPS) is 37.1. The zero-order valence-electron chi connectivity index (χ0n) is 16.7. The van der Waals surface area contributed by atoms with E-state index in [0.29, 0.717) is 35.9 Å². The number of ether oxygens (including phenoxy) is 1. The van der Waals surface area contributed by atoms with Crippen molar-refractivity contribution in [2.75, 3.05) is 18.4 Å². The van der Waals surface area contributed by atoms with Gasteiger partial charge in [0, 0.05) is 24.2 Å². The number of thiazole rings is 1. The summed E-state index contributed by atoms with van der Waals surface area (Å²) < 4.78 is 7.09. The van der Waals surface area contributed by atoms with Gasteiger partial charge in [0.1, 0.15) is 6.10 Å². The smallest absolute Gasteiger partial charge is 0.410 e. The van der Waals surface area contributed by atoms with Crippen molar-refractivity contribution < 1.29 is 14.6 Å². The number of amides is 1. The van der Waals surface area contributed by atoms with Gasteiger partial charge in [0.15, 0.2) is 5.13 Å². The van der Waals surface area contributed by atoms with Gasteiger partial charge in [0.05, 0.1) is 15.8 Å². The molecule has 30 heavy (non-hydrogen) atoms. The molecular weight excluding hydrogens is 422 g/mol. The minimum Gasteiger partial charge on any atom is -0.446 e. The van der Waals surface area contributed by atoms with Gasteiger partial charge in [0.25, 0.3) is 0 Å². The number of benzene rings is 1. The van der Waals surface area contributed by atoms with E-state index in [4.69, 9.17) is 16.3 Å². The number of anilines is 1. The van der Waals surface area contributed by atoms with Crippen LogP contribution in [0.5, 0.6) is 0 Å². The average Bonchev–Trinajstić information content (AvgIpc) is 3.29. The highest BCUT2D eigenvalue weighted by atomic mass is 35.5. The third-order valence-electron chi connectivity index (χ3n) is 7.52. The van der Waals surface area contributed by atoms with Gasteiger partial charge in [-0.2, -0.15) is 0 Å². The zero-order valence-corrected chi connectivity index (χ0v) is 18.3. The summed E-state index contributed by atoms with van der Waals surface area (Å²) >= 11 is 7.66. The SMILES string of the molecule is O=C(OC1C2CC3CC1CC(O)(C3)C2)N1CC[C@@H](Nc2nc3ccc(Cl)cc3s2)C1. The zero-order chi connectivity index (χ0) is 20.5. The van der Waals surface area contributed by atoms with Crippen molar-refractivity contribution in [2.45, 2.75) is 56.3 Å². The molecule has 0 radical (unpaired) electrons. The summed E-state index contributed by atoms with van der Waals surface area (Å²) in [6.45, 7) is 1.33. The Kier molecular flexibility index (Phi) is 4.45. The van der Waals surface area contributed by atoms with E-state index in [-0.39, 0.29) is 18.2 Å². The Balaban J connectivity index is 1.07. The monoisotopic (exact) mass is 447 g/mol. The molecule has 3 atom stereocenters. The van der Waals surface area contributed by atoms with E-state index in [9.17, 15) is 9.90 Å². The first-order valence-corrected chi connectivity index (χ1v) is 12.1. The summed E-state index contributed by atoms with van der Waals surface area (Å²) in [6.07, 6.45) is 5.40. The molecule has 1 aromatic carbocycles. The number of carbonyl (C=O) groups is 1. The van der Waals surface area contributed by atoms with Crippen molar-refractivity contribution >= 4 is 44.4 Å². The summed E-state index contributed by atoms with van der Waals surface area (Å²) in [5.74, 6) is 1.28. The van der Waals surface area contributed by atoms with Gasteiger partial charge in [-0.15, -0.1) is 0 Å². The fraction of sp³-hybridized carbons (Fsp3) is 0.636. The molecule has 160 valence electrons. The van der Waals surface area contributed by atoms with Crippen molar-refractivity contribution in [3.05, 3.63) is 23.2 Å². The lowest BCUT2D eigenvalue weighted by Crippen LogP contribution is -2.58. The number of carbonyl (C=O) groups excluding carboxylic acids is 1. The van der Waals surface area contributed by atoms with Gasteiger partial charge >= 0.3 is 6.09 Å². The molecule has 1 aliphatic heterocycles. The van der Waals surface area contributed by atoms with Crippen molar-refractivity contribution in [2.24, 2.45) is 17.8 Å². The lowest BCUT2D eigenvalue weighted by molar-refractivity contribution is -0.177. The summed E-state index contributed by atoms with van der Waals surface area (Å²) in [5, 5.41) is 15.8. The minimum absolute atomic E-state index is 0.0182. The number of likely N-dealkylation sites (tertiary alicyclic amines) is 1. The lowest BCUT2D eigenvalue weighted by Gasteiger charge is -2.57. The Labute approximate surface area is 184 Å². The summed E-state index contributed by atoms with van der Waals surface area (Å²) in [6, 6.07) is 5.88. The van der Waals surface area contributed by atoms with Gasteiger partial charge < -0.3 is 20.1 Å². The van der Waals surface area contributed by atoms with Crippen LogP contribution in [0.3, 0.4) is 0 Å². The highest BCUT2D eigenvalue weighted by Crippen LogP contribution is 2.56. The van der Waals surface area contributed by atoms with E-state index in [1.54, 1.807) is 11.3 Å². The summed E-state index contributed by atoms with van der Waals surface area (Å²) in [7, 11) is 0. The predicted octanol–water partition coefficient (Wildman–Crippen LogP) is 4.51. The molecular formula is C22H26ClN3O3S. The van der Waals surface area contributed by atoms with E-state index in [1.165, 1.54) is 0 Å². The van der Waals surface area contributed by atoms with Crippen LogP contribution in [0, 0.1) is 17.8 Å². The Hall–Kier alpha value is -1.57. The largest absolute Gasteiger partial charge is 0.446 e. The molecule has 2 aromatic rings. The van der Waals surface area contributed by atoms with Crippen LogP contribution < -0.4 is 5.32 Å². The molecule has 5 aliphatic rings. The summed E-state index contributed by atoms with van der Waals surface area (Å²) in [4.78, 5) is 19.3. The maximum absolute atomic E-state index is 12.9. The summed E-state index contributed by atoms with van der Waals surface area (Å²) in [5.41, 5.74) is 0.438. The maximum Gasteiger partial charge on any atom is 0.410 e. The topological polar surface area (TPSA) is 74.7 Å². The van der Waals surface area contributed by atoms with Crippen LogP contribution in [0.4, 0.5) is 9.93 Å². The number of aliphatic hydroxyl groups is 1. The second kappa shape index (κ2) is 6.97. The molecule has 1 amide bonds. The van der Waals surface area contributed by atoms with Gasteiger partial charge in [0.2, 0.25) is 0 Å². The van der Waals surface area contributed by atoms with Crippen molar-refractivity contribution in [1.29, 1.82) is 0 Å². The first-order valence-electron chi connectivity index (χ1n) is 10.9. The number of nitrogens with one attached hydrogen (secondary N) is 1. The van der Waals surface area contributed by atoms with E-state index in [2.05, 4.69) is 10.3 Å². The average molecular weight is 448 g/mol. The van der Waals surface area contributed by atoms with Crippen molar-refractivity contribution in [3.63, 3.8) is 0 Å². The quantitative estimate of drug-likeness (QED) is 0.723. The molecule has 2 unspecified atom stereocenters. The Morgan fingerprint density at radius 3 is 2.87 bits per heavy atom. The van der Waals surface area contributed by atoms with Crippen LogP contribution in [-0.4, -0.2) is 51.9 Å². The third-order valence-corrected chi connectivity index (χ3v) is 8.70. The second-order valence-corrected chi connectivity index (χ2v) is 11.2. The van der Waals surface area contributed by atoms with Crippen molar-refractivity contribution in [1.82, 2.24) is 9.88 Å². The highest BCUT2D eigenvalue weighted by molar-refractivity contribution is 7.22. The third kappa shape index (κ3) is 3.35. The number of hydrogen-bond donors (Lipinski definition) is 2. The van der Waals surface area contributed by atoms with E-state index >= 15 is 0 Å². The van der Waals surface area contributed by atoms with Gasteiger partial charge in [-0.05, 0) is 74.5 Å². The molecule has 7 rings (SSSR count). The van der Waals surface area contributed by atoms with E-state index in [1.807, 2.05) is 23.1 Å². The lowest BCUT2D eigenvalue weighted by atomic mass is 9.53. The second-order valence-electron chi connectivity index (χ2n) is 9.75. The molecule has 4 saturated carbocycles. The Bertz CT molecular complexity index is 981. The molecule has 1 aromatic heterocycles. The maximum atomic E-state index is 12.9. The molecule has 0 spiro atoms. The molecule has 1 saturated heterocycles. The number of halogens is 1. The van der Waals surface area contributed by atoms with Gasteiger partial charge in [-0.1, -0.05) is 22.9 Å². The first-order chi connectivity index (χ1) is 14.4. The highest BCUT2D eigenvalue weighted by Gasteiger charge is 2.56. The molecule has 5 fully saturated rings. The number of hydrogen-bond acceptors (Lipinski definition) is 6. The Morgan fingerprint density at radius 2 is 2.10 bits per heavy atom. The molecule has 2 N–H and O–H groups in total. The molecule has 4 aliphatic carbocycles. The molecule has 6 nitrogen and oxygen atoms in total. The number of fused-ring (bicyclic) bond motifs is 1. The van der Waals surface area contributed by atoms with E-state index in [0.717, 1.165) is 53.9 Å². The van der Waals surface area contributed by atoms with Crippen LogP contribution in [0.1, 0.15) is 38.5 Å².